The van der Waals surface area contributed by atoms with Crippen LogP contribution in [0.15, 0.2) is 42.5 Å². The molecule has 0 unspecified atom stereocenters. The Balaban J connectivity index is 1.69. The van der Waals surface area contributed by atoms with Crippen molar-refractivity contribution in [2.24, 2.45) is 11.7 Å². The van der Waals surface area contributed by atoms with Crippen LogP contribution in [0.3, 0.4) is 0 Å². The van der Waals surface area contributed by atoms with E-state index in [1.54, 1.807) is 6.07 Å². The van der Waals surface area contributed by atoms with Crippen molar-refractivity contribution in [3.8, 4) is 0 Å². The molecule has 124 valence electrons. The van der Waals surface area contributed by atoms with E-state index >= 15 is 0 Å². The van der Waals surface area contributed by atoms with Crippen LogP contribution < -0.4 is 5.73 Å². The molecule has 1 fully saturated rings. The van der Waals surface area contributed by atoms with Gasteiger partial charge in [-0.25, -0.2) is 0 Å². The molecule has 3 rings (SSSR count). The minimum absolute atomic E-state index is 0.347. The maximum absolute atomic E-state index is 12.7. The van der Waals surface area contributed by atoms with Gasteiger partial charge in [0.25, 0.3) is 0 Å². The molecule has 0 amide bonds. The van der Waals surface area contributed by atoms with E-state index in [4.69, 9.17) is 5.73 Å². The van der Waals surface area contributed by atoms with E-state index in [1.807, 2.05) is 18.2 Å². The van der Waals surface area contributed by atoms with E-state index in [0.29, 0.717) is 24.9 Å². The fourth-order valence-corrected chi connectivity index (χ4v) is 4.16. The van der Waals surface area contributed by atoms with Crippen LogP contribution in [0, 0.1) is 5.92 Å². The molecule has 6 heteroatoms. The third-order valence-electron chi connectivity index (χ3n) is 4.37. The summed E-state index contributed by atoms with van der Waals surface area (Å²) < 4.78 is 38.1. The first-order chi connectivity index (χ1) is 11.0. The smallest absolute Gasteiger partial charge is 0.330 e. The number of halogens is 3. The molecule has 0 bridgehead atoms. The number of thiophene rings is 1. The first-order valence-electron chi connectivity index (χ1n) is 7.60. The fraction of sp³-hybridized carbons (Fsp3) is 0.412. The fourth-order valence-electron chi connectivity index (χ4n) is 3.24. The van der Waals surface area contributed by atoms with Crippen molar-refractivity contribution in [1.82, 2.24) is 4.90 Å². The van der Waals surface area contributed by atoms with Crippen molar-refractivity contribution in [1.29, 1.82) is 0 Å². The molecule has 1 aromatic heterocycles. The average Bonchev–Trinajstić information content (AvgIpc) is 3.15. The Morgan fingerprint density at radius 2 is 1.83 bits per heavy atom. The Kier molecular flexibility index (Phi) is 4.75. The zero-order valence-electron chi connectivity index (χ0n) is 12.6. The van der Waals surface area contributed by atoms with Gasteiger partial charge >= 0.3 is 6.18 Å². The van der Waals surface area contributed by atoms with E-state index in [0.717, 1.165) is 29.3 Å². The van der Waals surface area contributed by atoms with E-state index in [1.165, 1.54) is 11.6 Å². The Labute approximate surface area is 137 Å². The number of hydrogen-bond donors (Lipinski definition) is 1. The summed E-state index contributed by atoms with van der Waals surface area (Å²) in [7, 11) is 0. The molecule has 2 nitrogen and oxygen atoms in total. The summed E-state index contributed by atoms with van der Waals surface area (Å²) in [5.74, 6) is 0.697. The number of nitrogens with zero attached hydrogens (tertiary/aromatic N) is 1. The largest absolute Gasteiger partial charge is 0.425 e. The Morgan fingerprint density at radius 3 is 2.43 bits per heavy atom. The first kappa shape index (κ1) is 16.5. The van der Waals surface area contributed by atoms with Gasteiger partial charge in [0.2, 0.25) is 0 Å². The number of nitrogens with two attached hydrogens (primary N) is 1. The zero-order chi connectivity index (χ0) is 16.4. The lowest BCUT2D eigenvalue weighted by Gasteiger charge is -2.16. The first-order valence-corrected chi connectivity index (χ1v) is 8.42. The Bertz CT molecular complexity index is 639. The molecule has 23 heavy (non-hydrogen) atoms. The molecule has 2 heterocycles. The molecule has 2 aromatic rings. The van der Waals surface area contributed by atoms with Gasteiger partial charge in [0, 0.05) is 30.4 Å². The molecule has 1 aliphatic heterocycles. The van der Waals surface area contributed by atoms with Crippen LogP contribution in [0.25, 0.3) is 0 Å². The van der Waals surface area contributed by atoms with E-state index in [2.05, 4.69) is 17.0 Å². The van der Waals surface area contributed by atoms with Gasteiger partial charge in [-0.2, -0.15) is 13.2 Å². The third kappa shape index (κ3) is 3.76. The summed E-state index contributed by atoms with van der Waals surface area (Å²) in [6, 6.07) is 13.0. The molecule has 0 spiro atoms. The predicted octanol–water partition coefficient (Wildman–Crippen LogP) is 3.94. The second-order valence-corrected chi connectivity index (χ2v) is 7.14. The highest BCUT2D eigenvalue weighted by Gasteiger charge is 2.35. The lowest BCUT2D eigenvalue weighted by Crippen LogP contribution is -2.22. The quantitative estimate of drug-likeness (QED) is 0.913. The molecule has 1 aliphatic rings. The summed E-state index contributed by atoms with van der Waals surface area (Å²) in [4.78, 5) is 2.43. The number of likely N-dealkylation sites (tertiary alicyclic amines) is 1. The van der Waals surface area contributed by atoms with Gasteiger partial charge in [0.15, 0.2) is 0 Å². The molecular formula is C17H19F3N2S. The predicted molar refractivity (Wildman–Crippen MR) is 86.3 cm³/mol. The number of rotatable bonds is 4. The molecule has 0 saturated carbocycles. The van der Waals surface area contributed by atoms with Crippen molar-refractivity contribution in [2.45, 2.75) is 18.6 Å². The summed E-state index contributed by atoms with van der Waals surface area (Å²) in [6.07, 6.45) is -4.25. The molecule has 0 aliphatic carbocycles. The van der Waals surface area contributed by atoms with Gasteiger partial charge in [-0.15, -0.1) is 11.3 Å². The molecule has 2 atom stereocenters. The Hall–Kier alpha value is -1.37. The van der Waals surface area contributed by atoms with Crippen LogP contribution in [0.2, 0.25) is 0 Å². The van der Waals surface area contributed by atoms with Gasteiger partial charge in [-0.3, -0.25) is 4.90 Å². The van der Waals surface area contributed by atoms with Crippen LogP contribution in [0.1, 0.15) is 21.2 Å². The highest BCUT2D eigenvalue weighted by atomic mass is 32.1. The SMILES string of the molecule is NC[C@@H]1CN(Cc2ccc(C(F)(F)F)s2)C[C@H]1c1ccccc1. The van der Waals surface area contributed by atoms with Crippen molar-refractivity contribution in [3.63, 3.8) is 0 Å². The lowest BCUT2D eigenvalue weighted by molar-refractivity contribution is -0.134. The van der Waals surface area contributed by atoms with Crippen molar-refractivity contribution < 1.29 is 13.2 Å². The highest BCUT2D eigenvalue weighted by Crippen LogP contribution is 2.37. The van der Waals surface area contributed by atoms with E-state index in [9.17, 15) is 13.2 Å². The standard InChI is InChI=1S/C17H19F3N2S/c18-17(19,20)16-7-6-14(23-16)10-22-9-13(8-21)15(11-22)12-4-2-1-3-5-12/h1-7,13,15H,8-11,21H2/t13-,15+/m1/s1. The topological polar surface area (TPSA) is 29.3 Å². The van der Waals surface area contributed by atoms with Crippen LogP contribution in [-0.4, -0.2) is 24.5 Å². The van der Waals surface area contributed by atoms with E-state index < -0.39 is 11.1 Å². The van der Waals surface area contributed by atoms with Gasteiger partial charge < -0.3 is 5.73 Å². The van der Waals surface area contributed by atoms with Crippen LogP contribution in [0.4, 0.5) is 13.2 Å². The molecule has 2 N–H and O–H groups in total. The van der Waals surface area contributed by atoms with Crippen molar-refractivity contribution >= 4 is 11.3 Å². The van der Waals surface area contributed by atoms with Crippen LogP contribution in [-0.2, 0) is 12.7 Å². The summed E-state index contributed by atoms with van der Waals surface area (Å²) in [6.45, 7) is 2.81. The molecule has 1 aromatic carbocycles. The summed E-state index contributed by atoms with van der Waals surface area (Å²) in [5, 5.41) is 0. The lowest BCUT2D eigenvalue weighted by atomic mass is 9.89. The normalized spacial score (nSPS) is 22.6. The van der Waals surface area contributed by atoms with Gasteiger partial charge in [0.05, 0.1) is 0 Å². The number of benzene rings is 1. The van der Waals surface area contributed by atoms with Crippen molar-refractivity contribution in [2.75, 3.05) is 19.6 Å². The third-order valence-corrected chi connectivity index (χ3v) is 5.48. The Morgan fingerprint density at radius 1 is 1.09 bits per heavy atom. The summed E-state index contributed by atoms with van der Waals surface area (Å²) in [5.41, 5.74) is 7.16. The number of alkyl halides is 3. The molecular weight excluding hydrogens is 321 g/mol. The highest BCUT2D eigenvalue weighted by molar-refractivity contribution is 7.12. The maximum Gasteiger partial charge on any atom is 0.425 e. The van der Waals surface area contributed by atoms with Crippen molar-refractivity contribution in [3.05, 3.63) is 57.8 Å². The van der Waals surface area contributed by atoms with Gasteiger partial charge in [-0.1, -0.05) is 30.3 Å². The molecule has 0 radical (unpaired) electrons. The summed E-state index contributed by atoms with van der Waals surface area (Å²) >= 11 is 0.835. The zero-order valence-corrected chi connectivity index (χ0v) is 13.4. The second kappa shape index (κ2) is 6.63. The molecule has 1 saturated heterocycles. The monoisotopic (exact) mass is 340 g/mol. The van der Waals surface area contributed by atoms with E-state index in [-0.39, 0.29) is 0 Å². The maximum atomic E-state index is 12.7. The van der Waals surface area contributed by atoms with Crippen LogP contribution >= 0.6 is 11.3 Å². The minimum Gasteiger partial charge on any atom is -0.330 e. The van der Waals surface area contributed by atoms with Gasteiger partial charge in [0.1, 0.15) is 4.88 Å². The van der Waals surface area contributed by atoms with Gasteiger partial charge in [-0.05, 0) is 30.2 Å². The second-order valence-electron chi connectivity index (χ2n) is 5.97. The average molecular weight is 340 g/mol. The minimum atomic E-state index is -4.25. The van der Waals surface area contributed by atoms with Crippen LogP contribution in [0.5, 0.6) is 0 Å². The number of hydrogen-bond acceptors (Lipinski definition) is 3.